The van der Waals surface area contributed by atoms with Gasteiger partial charge in [-0.2, -0.15) is 0 Å². The van der Waals surface area contributed by atoms with Gasteiger partial charge in [-0.15, -0.1) is 0 Å². The van der Waals surface area contributed by atoms with E-state index in [0.717, 1.165) is 32.8 Å². The molecule has 6 heteroatoms. The molecule has 3 aromatic carbocycles. The molecule has 1 aliphatic heterocycles. The van der Waals surface area contributed by atoms with E-state index in [2.05, 4.69) is 73.1 Å². The lowest BCUT2D eigenvalue weighted by molar-refractivity contribution is 0.0718. The molecule has 1 saturated heterocycles. The van der Waals surface area contributed by atoms with Crippen LogP contribution < -0.4 is 4.90 Å². The number of nitrogens with zero attached hydrogens (tertiary/aromatic N) is 2. The number of benzene rings is 3. The van der Waals surface area contributed by atoms with E-state index >= 15 is 0 Å². The van der Waals surface area contributed by atoms with Crippen molar-refractivity contribution in [3.63, 3.8) is 0 Å². The van der Waals surface area contributed by atoms with Crippen LogP contribution in [0, 0.1) is 13.8 Å². The molecule has 0 bridgehead atoms. The second-order valence-electron chi connectivity index (χ2n) is 9.07. The van der Waals surface area contributed by atoms with E-state index in [1.54, 1.807) is 11.8 Å². The number of hydrogen-bond donors (Lipinski definition) is 1. The monoisotopic (exact) mass is 489 g/mol. The molecule has 0 spiro atoms. The second-order valence-corrected chi connectivity index (χ2v) is 10.6. The highest BCUT2D eigenvalue weighted by Crippen LogP contribution is 2.38. The average molecular weight is 490 g/mol. The van der Waals surface area contributed by atoms with Crippen LogP contribution in [0.25, 0.3) is 10.9 Å². The van der Waals surface area contributed by atoms with Gasteiger partial charge in [0.15, 0.2) is 0 Å². The zero-order valence-electron chi connectivity index (χ0n) is 19.6. The van der Waals surface area contributed by atoms with Crippen LogP contribution in [0.3, 0.4) is 0 Å². The molecule has 0 saturated carbocycles. The predicted octanol–water partition coefficient (Wildman–Crippen LogP) is 6.94. The Hall–Kier alpha value is -2.89. The average Bonchev–Trinajstić information content (AvgIpc) is 3.17. The number of amides is 1. The van der Waals surface area contributed by atoms with Crippen LogP contribution in [0.1, 0.15) is 28.5 Å². The van der Waals surface area contributed by atoms with Gasteiger partial charge >= 0.3 is 0 Å². The smallest absolute Gasteiger partial charge is 0.271 e. The minimum absolute atomic E-state index is 0.0565. The molecule has 174 valence electrons. The number of anilines is 1. The Bertz CT molecular complexity index is 1350. The first kappa shape index (κ1) is 22.9. The molecule has 0 aliphatic carbocycles. The zero-order chi connectivity index (χ0) is 23.8. The molecule has 4 nitrogen and oxygen atoms in total. The summed E-state index contributed by atoms with van der Waals surface area (Å²) in [7, 11) is 0. The molecule has 1 aromatic heterocycles. The first-order valence-electron chi connectivity index (χ1n) is 11.6. The first-order chi connectivity index (χ1) is 16.4. The lowest BCUT2D eigenvalue weighted by Gasteiger charge is -2.41. The van der Waals surface area contributed by atoms with Crippen molar-refractivity contribution in [1.82, 2.24) is 9.88 Å². The summed E-state index contributed by atoms with van der Waals surface area (Å²) in [6, 6.07) is 22.9. The van der Waals surface area contributed by atoms with Crippen LogP contribution in [0.5, 0.6) is 0 Å². The van der Waals surface area contributed by atoms with Crippen LogP contribution in [0.15, 0.2) is 76.5 Å². The number of hydrogen-bond acceptors (Lipinski definition) is 3. The van der Waals surface area contributed by atoms with Crippen LogP contribution >= 0.6 is 23.4 Å². The number of carbonyl (C=O) groups is 1. The van der Waals surface area contributed by atoms with Gasteiger partial charge in [-0.3, -0.25) is 4.79 Å². The van der Waals surface area contributed by atoms with Crippen molar-refractivity contribution >= 4 is 45.9 Å². The highest BCUT2D eigenvalue weighted by Gasteiger charge is 2.30. The van der Waals surface area contributed by atoms with Crippen LogP contribution in [0.2, 0.25) is 5.02 Å². The highest BCUT2D eigenvalue weighted by atomic mass is 35.5. The van der Waals surface area contributed by atoms with Gasteiger partial charge in [0.2, 0.25) is 0 Å². The predicted molar refractivity (Wildman–Crippen MR) is 143 cm³/mol. The molecule has 1 aliphatic rings. The van der Waals surface area contributed by atoms with Gasteiger partial charge in [0.1, 0.15) is 5.69 Å². The third-order valence-electron chi connectivity index (χ3n) is 6.40. The minimum Gasteiger partial charge on any atom is -0.365 e. The van der Waals surface area contributed by atoms with E-state index in [9.17, 15) is 4.79 Å². The molecule has 1 N–H and O–H groups in total. The van der Waals surface area contributed by atoms with Crippen molar-refractivity contribution in [3.05, 3.63) is 88.6 Å². The molecule has 2 heterocycles. The van der Waals surface area contributed by atoms with Crippen LogP contribution in [-0.4, -0.2) is 41.5 Å². The second kappa shape index (κ2) is 9.40. The largest absolute Gasteiger partial charge is 0.365 e. The number of aromatic amines is 1. The number of halogens is 1. The Morgan fingerprint density at radius 3 is 2.50 bits per heavy atom. The van der Waals surface area contributed by atoms with Gasteiger partial charge in [0.25, 0.3) is 5.91 Å². The Balaban J connectivity index is 1.44. The number of carbonyl (C=O) groups excluding carboxylic acids is 1. The van der Waals surface area contributed by atoms with Crippen molar-refractivity contribution in [2.75, 3.05) is 24.5 Å². The number of fused-ring (bicyclic) bond motifs is 1. The van der Waals surface area contributed by atoms with Crippen molar-refractivity contribution in [3.8, 4) is 0 Å². The molecule has 5 rings (SSSR count). The maximum absolute atomic E-state index is 13.8. The molecule has 1 amide bonds. The highest BCUT2D eigenvalue weighted by molar-refractivity contribution is 7.99. The van der Waals surface area contributed by atoms with E-state index in [4.69, 9.17) is 11.6 Å². The maximum atomic E-state index is 13.8. The fourth-order valence-corrected chi connectivity index (χ4v) is 5.82. The quantitative estimate of drug-likeness (QED) is 0.337. The van der Waals surface area contributed by atoms with Gasteiger partial charge < -0.3 is 14.8 Å². The summed E-state index contributed by atoms with van der Waals surface area (Å²) < 4.78 is 0. The van der Waals surface area contributed by atoms with E-state index in [0.29, 0.717) is 23.8 Å². The normalized spacial score (nSPS) is 16.3. The molecule has 0 unspecified atom stereocenters. The lowest BCUT2D eigenvalue weighted by Crippen LogP contribution is -2.54. The van der Waals surface area contributed by atoms with Crippen molar-refractivity contribution in [1.29, 1.82) is 0 Å². The third kappa shape index (κ3) is 4.55. The van der Waals surface area contributed by atoms with E-state index in [-0.39, 0.29) is 11.9 Å². The molecule has 4 aromatic rings. The molecular formula is C28H28ClN3OS. The topological polar surface area (TPSA) is 39.3 Å². The molecular weight excluding hydrogens is 462 g/mol. The molecule has 34 heavy (non-hydrogen) atoms. The third-order valence-corrected chi connectivity index (χ3v) is 7.79. The minimum atomic E-state index is 0.0565. The Morgan fingerprint density at radius 2 is 1.76 bits per heavy atom. The van der Waals surface area contributed by atoms with Crippen LogP contribution in [-0.2, 0) is 0 Å². The number of aromatic nitrogens is 1. The summed E-state index contributed by atoms with van der Waals surface area (Å²) >= 11 is 7.70. The van der Waals surface area contributed by atoms with Gasteiger partial charge in [-0.1, -0.05) is 47.6 Å². The zero-order valence-corrected chi connectivity index (χ0v) is 21.2. The van der Waals surface area contributed by atoms with E-state index in [1.165, 1.54) is 11.3 Å². The van der Waals surface area contributed by atoms with E-state index < -0.39 is 0 Å². The number of aryl methyl sites for hydroxylation is 2. The van der Waals surface area contributed by atoms with Gasteiger partial charge in [0, 0.05) is 52.2 Å². The summed E-state index contributed by atoms with van der Waals surface area (Å²) in [4.78, 5) is 23.7. The van der Waals surface area contributed by atoms with Crippen molar-refractivity contribution < 1.29 is 4.79 Å². The van der Waals surface area contributed by atoms with Gasteiger partial charge in [-0.05, 0) is 74.4 Å². The fraction of sp³-hybridized carbons (Fsp3) is 0.250. The van der Waals surface area contributed by atoms with E-state index in [1.807, 2.05) is 29.2 Å². The summed E-state index contributed by atoms with van der Waals surface area (Å²) in [6.45, 7) is 8.57. The Morgan fingerprint density at radius 1 is 1.00 bits per heavy atom. The molecule has 1 atom stereocenters. The Kier molecular flexibility index (Phi) is 6.32. The van der Waals surface area contributed by atoms with Crippen molar-refractivity contribution in [2.45, 2.75) is 36.6 Å². The fourth-order valence-electron chi connectivity index (χ4n) is 4.65. The summed E-state index contributed by atoms with van der Waals surface area (Å²) in [5.74, 6) is 0.0565. The molecule has 1 fully saturated rings. The summed E-state index contributed by atoms with van der Waals surface area (Å²) in [5, 5.41) is 1.77. The standard InChI is InChI=1S/C28H28ClN3OS/c1-18-5-4-6-22(15-18)32-14-13-31(17-20(32)3)28(33)26-27(34-23-10-8-21(29)9-11-23)24-12-7-19(2)16-25(24)30-26/h4-12,15-16,20,30H,13-14,17H2,1-3H3/t20-/m1/s1. The SMILES string of the molecule is Cc1cccc(N2CCN(C(=O)c3[nH]c4cc(C)ccc4c3Sc3ccc(Cl)cc3)C[C@H]2C)c1. The van der Waals surface area contributed by atoms with Gasteiger partial charge in [0.05, 0.1) is 4.90 Å². The first-order valence-corrected chi connectivity index (χ1v) is 12.8. The number of nitrogens with one attached hydrogen (secondary N) is 1. The number of rotatable bonds is 4. The summed E-state index contributed by atoms with van der Waals surface area (Å²) in [5.41, 5.74) is 5.29. The lowest BCUT2D eigenvalue weighted by atomic mass is 10.1. The van der Waals surface area contributed by atoms with Crippen LogP contribution in [0.4, 0.5) is 5.69 Å². The number of H-pyrrole nitrogens is 1. The summed E-state index contributed by atoms with van der Waals surface area (Å²) in [6.07, 6.45) is 0. The van der Waals surface area contributed by atoms with Gasteiger partial charge in [-0.25, -0.2) is 0 Å². The van der Waals surface area contributed by atoms with Crippen molar-refractivity contribution in [2.24, 2.45) is 0 Å². The Labute approximate surface area is 209 Å². The number of piperazine rings is 1. The molecule has 0 radical (unpaired) electrons. The maximum Gasteiger partial charge on any atom is 0.271 e.